The van der Waals surface area contributed by atoms with E-state index in [0.717, 1.165) is 17.9 Å². The molecule has 2 unspecified atom stereocenters. The third kappa shape index (κ3) is 3.29. The van der Waals surface area contributed by atoms with Gasteiger partial charge in [0.1, 0.15) is 0 Å². The second-order valence-electron chi connectivity index (χ2n) is 7.71. The van der Waals surface area contributed by atoms with Gasteiger partial charge in [0, 0.05) is 12.6 Å². The van der Waals surface area contributed by atoms with E-state index in [4.69, 9.17) is 0 Å². The highest BCUT2D eigenvalue weighted by atomic mass is 14.9. The zero-order valence-corrected chi connectivity index (χ0v) is 12.2. The molecule has 3 aliphatic carbocycles. The predicted octanol–water partition coefficient (Wildman–Crippen LogP) is 4.52. The lowest BCUT2D eigenvalue weighted by Crippen LogP contribution is -2.41. The van der Waals surface area contributed by atoms with Crippen LogP contribution in [0, 0.1) is 17.3 Å². The normalized spacial score (nSPS) is 36.5. The molecule has 0 saturated heterocycles. The van der Waals surface area contributed by atoms with Crippen molar-refractivity contribution in [3.05, 3.63) is 0 Å². The summed E-state index contributed by atoms with van der Waals surface area (Å²) in [6.07, 6.45) is 16.3. The van der Waals surface area contributed by atoms with Crippen LogP contribution in [-0.2, 0) is 0 Å². The van der Waals surface area contributed by atoms with Crippen molar-refractivity contribution in [1.82, 2.24) is 5.32 Å². The molecule has 0 aromatic carbocycles. The Balaban J connectivity index is 1.44. The van der Waals surface area contributed by atoms with Crippen LogP contribution >= 0.6 is 0 Å². The van der Waals surface area contributed by atoms with Crippen LogP contribution in [0.25, 0.3) is 0 Å². The molecule has 0 heterocycles. The Labute approximate surface area is 113 Å². The van der Waals surface area contributed by atoms with Gasteiger partial charge in [0.25, 0.3) is 0 Å². The number of nitrogens with one attached hydrogen (secondary N) is 1. The minimum atomic E-state index is 0.616. The minimum Gasteiger partial charge on any atom is -0.313 e. The first kappa shape index (κ1) is 13.0. The molecule has 0 aliphatic heterocycles. The second-order valence-corrected chi connectivity index (χ2v) is 7.71. The highest BCUT2D eigenvalue weighted by Gasteiger charge is 2.35. The van der Waals surface area contributed by atoms with Crippen molar-refractivity contribution in [2.75, 3.05) is 6.54 Å². The molecule has 0 aromatic heterocycles. The Morgan fingerprint density at radius 1 is 0.889 bits per heavy atom. The van der Waals surface area contributed by atoms with E-state index in [-0.39, 0.29) is 0 Å². The molecule has 1 N–H and O–H groups in total. The quantitative estimate of drug-likeness (QED) is 0.772. The summed E-state index contributed by atoms with van der Waals surface area (Å²) in [5.74, 6) is 2.20. The third-order valence-electron chi connectivity index (χ3n) is 5.88. The molecule has 3 rings (SSSR count). The second kappa shape index (κ2) is 5.53. The minimum absolute atomic E-state index is 0.616. The number of rotatable bonds is 4. The Bertz CT molecular complexity index is 263. The maximum Gasteiger partial charge on any atom is 0.00700 e. The summed E-state index contributed by atoms with van der Waals surface area (Å²) < 4.78 is 0. The fourth-order valence-electron chi connectivity index (χ4n) is 4.38. The molecule has 3 saturated carbocycles. The van der Waals surface area contributed by atoms with Gasteiger partial charge in [-0.05, 0) is 55.8 Å². The van der Waals surface area contributed by atoms with Gasteiger partial charge in [-0.1, -0.05) is 39.0 Å². The van der Waals surface area contributed by atoms with Crippen LogP contribution < -0.4 is 5.32 Å². The van der Waals surface area contributed by atoms with Crippen LogP contribution in [0.4, 0.5) is 0 Å². The molecule has 104 valence electrons. The molecule has 3 fully saturated rings. The van der Waals surface area contributed by atoms with Crippen LogP contribution in [0.1, 0.15) is 77.6 Å². The van der Waals surface area contributed by atoms with E-state index < -0.39 is 0 Å². The maximum atomic E-state index is 3.94. The Hall–Kier alpha value is -0.0400. The zero-order chi connectivity index (χ0) is 12.4. The van der Waals surface area contributed by atoms with Crippen molar-refractivity contribution in [3.8, 4) is 0 Å². The predicted molar refractivity (Wildman–Crippen MR) is 77.7 cm³/mol. The molecule has 0 amide bonds. The first-order valence-electron chi connectivity index (χ1n) is 8.49. The topological polar surface area (TPSA) is 12.0 Å². The van der Waals surface area contributed by atoms with Crippen molar-refractivity contribution in [2.24, 2.45) is 17.3 Å². The SMILES string of the molecule is CC1(CNC2CCCC(C3CC3)C2)CCCCC1. The van der Waals surface area contributed by atoms with Gasteiger partial charge in [0.05, 0.1) is 0 Å². The maximum absolute atomic E-state index is 3.94. The lowest BCUT2D eigenvalue weighted by atomic mass is 9.75. The van der Waals surface area contributed by atoms with Crippen LogP contribution in [0.2, 0.25) is 0 Å². The molecule has 1 nitrogen and oxygen atoms in total. The lowest BCUT2D eigenvalue weighted by Gasteiger charge is -2.37. The van der Waals surface area contributed by atoms with Gasteiger partial charge in [0.15, 0.2) is 0 Å². The van der Waals surface area contributed by atoms with Crippen LogP contribution in [-0.4, -0.2) is 12.6 Å². The van der Waals surface area contributed by atoms with Crippen LogP contribution in [0.5, 0.6) is 0 Å². The van der Waals surface area contributed by atoms with Crippen molar-refractivity contribution in [3.63, 3.8) is 0 Å². The summed E-state index contributed by atoms with van der Waals surface area (Å²) in [5.41, 5.74) is 0.616. The summed E-state index contributed by atoms with van der Waals surface area (Å²) in [5, 5.41) is 3.94. The van der Waals surface area contributed by atoms with Gasteiger partial charge in [-0.2, -0.15) is 0 Å². The van der Waals surface area contributed by atoms with Crippen molar-refractivity contribution < 1.29 is 0 Å². The van der Waals surface area contributed by atoms with E-state index in [1.165, 1.54) is 77.2 Å². The molecule has 2 atom stereocenters. The van der Waals surface area contributed by atoms with Crippen molar-refractivity contribution in [2.45, 2.75) is 83.6 Å². The van der Waals surface area contributed by atoms with Crippen LogP contribution in [0.15, 0.2) is 0 Å². The van der Waals surface area contributed by atoms with E-state index >= 15 is 0 Å². The molecule has 0 radical (unpaired) electrons. The van der Waals surface area contributed by atoms with E-state index in [1.807, 2.05) is 0 Å². The largest absolute Gasteiger partial charge is 0.313 e. The Morgan fingerprint density at radius 2 is 1.67 bits per heavy atom. The first-order chi connectivity index (χ1) is 8.75. The zero-order valence-electron chi connectivity index (χ0n) is 12.2. The van der Waals surface area contributed by atoms with E-state index in [1.54, 1.807) is 0 Å². The van der Waals surface area contributed by atoms with Gasteiger partial charge in [-0.3, -0.25) is 0 Å². The van der Waals surface area contributed by atoms with Crippen molar-refractivity contribution in [1.29, 1.82) is 0 Å². The number of hydrogen-bond acceptors (Lipinski definition) is 1. The summed E-state index contributed by atoms with van der Waals surface area (Å²) in [4.78, 5) is 0. The Kier molecular flexibility index (Phi) is 3.98. The average Bonchev–Trinajstić information content (AvgIpc) is 3.22. The summed E-state index contributed by atoms with van der Waals surface area (Å²) in [6, 6.07) is 0.850. The van der Waals surface area contributed by atoms with Gasteiger partial charge in [0.2, 0.25) is 0 Å². The number of hydrogen-bond donors (Lipinski definition) is 1. The Morgan fingerprint density at radius 3 is 2.39 bits per heavy atom. The summed E-state index contributed by atoms with van der Waals surface area (Å²) >= 11 is 0. The van der Waals surface area contributed by atoms with Gasteiger partial charge >= 0.3 is 0 Å². The van der Waals surface area contributed by atoms with E-state index in [0.29, 0.717) is 5.41 Å². The average molecular weight is 249 g/mol. The molecule has 0 aromatic rings. The first-order valence-corrected chi connectivity index (χ1v) is 8.49. The van der Waals surface area contributed by atoms with Gasteiger partial charge < -0.3 is 5.32 Å². The molecule has 3 aliphatic rings. The van der Waals surface area contributed by atoms with Gasteiger partial charge in [-0.15, -0.1) is 0 Å². The highest BCUT2D eigenvalue weighted by molar-refractivity contribution is 4.89. The standard InChI is InChI=1S/C17H31N/c1-17(10-3-2-4-11-17)13-18-16-7-5-6-15(12-16)14-8-9-14/h14-16,18H,2-13H2,1H3. The molecule has 0 spiro atoms. The summed E-state index contributed by atoms with van der Waals surface area (Å²) in [7, 11) is 0. The molecular formula is C17H31N. The van der Waals surface area contributed by atoms with Gasteiger partial charge in [-0.25, -0.2) is 0 Å². The monoisotopic (exact) mass is 249 g/mol. The lowest BCUT2D eigenvalue weighted by molar-refractivity contribution is 0.180. The summed E-state index contributed by atoms with van der Waals surface area (Å²) in [6.45, 7) is 3.80. The molecule has 0 bridgehead atoms. The molecule has 1 heteroatoms. The fourth-order valence-corrected chi connectivity index (χ4v) is 4.38. The fraction of sp³-hybridized carbons (Fsp3) is 1.00. The van der Waals surface area contributed by atoms with Crippen molar-refractivity contribution >= 4 is 0 Å². The third-order valence-corrected chi connectivity index (χ3v) is 5.88. The van der Waals surface area contributed by atoms with E-state index in [2.05, 4.69) is 12.2 Å². The smallest absolute Gasteiger partial charge is 0.00700 e. The highest BCUT2D eigenvalue weighted by Crippen LogP contribution is 2.44. The molecular weight excluding hydrogens is 218 g/mol. The molecule has 18 heavy (non-hydrogen) atoms. The van der Waals surface area contributed by atoms with E-state index in [9.17, 15) is 0 Å². The van der Waals surface area contributed by atoms with Crippen LogP contribution in [0.3, 0.4) is 0 Å².